The number of carbonyl (C=O) groups excluding carboxylic acids is 2. The van der Waals surface area contributed by atoms with Gasteiger partial charge < -0.3 is 10.2 Å². The minimum Gasteiger partial charge on any atom is -0.354 e. The summed E-state index contributed by atoms with van der Waals surface area (Å²) in [5, 5.41) is 3.22. The van der Waals surface area contributed by atoms with E-state index in [0.717, 1.165) is 28.3 Å². The molecule has 0 spiro atoms. The predicted molar refractivity (Wildman–Crippen MR) is 158 cm³/mol. The number of nitrogens with one attached hydrogen (secondary N) is 1. The lowest BCUT2D eigenvalue weighted by Crippen LogP contribution is -2.53. The third-order valence-electron chi connectivity index (χ3n) is 6.05. The van der Waals surface area contributed by atoms with Gasteiger partial charge >= 0.3 is 0 Å². The van der Waals surface area contributed by atoms with Gasteiger partial charge in [-0.1, -0.05) is 78.1 Å². The number of anilines is 1. The monoisotopic (exact) mass is 627 g/mol. The second kappa shape index (κ2) is 14.2. The van der Waals surface area contributed by atoms with Crippen molar-refractivity contribution >= 4 is 62.3 Å². The van der Waals surface area contributed by atoms with Gasteiger partial charge in [0.2, 0.25) is 21.8 Å². The first-order chi connectivity index (χ1) is 18.9. The summed E-state index contributed by atoms with van der Waals surface area (Å²) in [5.74, 6) is -1.82. The van der Waals surface area contributed by atoms with Gasteiger partial charge in [-0.3, -0.25) is 13.9 Å². The summed E-state index contributed by atoms with van der Waals surface area (Å²) in [6.45, 7) is 1.52. The highest BCUT2D eigenvalue weighted by atomic mass is 35.5. The maximum atomic E-state index is 14.0. The molecular formula is C28H29Cl3FN3O4S. The van der Waals surface area contributed by atoms with E-state index in [9.17, 15) is 22.4 Å². The van der Waals surface area contributed by atoms with Gasteiger partial charge in [-0.15, -0.1) is 0 Å². The summed E-state index contributed by atoms with van der Waals surface area (Å²) >= 11 is 18.4. The topological polar surface area (TPSA) is 86.8 Å². The number of hydrogen-bond donors (Lipinski definition) is 1. The van der Waals surface area contributed by atoms with E-state index in [1.807, 2.05) is 37.3 Å². The second-order valence-electron chi connectivity index (χ2n) is 9.12. The van der Waals surface area contributed by atoms with Crippen LogP contribution in [-0.2, 0) is 32.6 Å². The minimum atomic E-state index is -4.02. The number of hydrogen-bond acceptors (Lipinski definition) is 4. The zero-order chi connectivity index (χ0) is 29.4. The third-order valence-corrected chi connectivity index (χ3v) is 8.06. The number of nitrogens with zero attached hydrogens (tertiary/aromatic N) is 2. The second-order valence-corrected chi connectivity index (χ2v) is 12.3. The van der Waals surface area contributed by atoms with Gasteiger partial charge in [-0.25, -0.2) is 12.8 Å². The molecule has 1 N–H and O–H groups in total. The average molecular weight is 629 g/mol. The molecule has 0 radical (unpaired) electrons. The van der Waals surface area contributed by atoms with Crippen molar-refractivity contribution in [2.24, 2.45) is 0 Å². The van der Waals surface area contributed by atoms with Crippen LogP contribution in [0.2, 0.25) is 15.1 Å². The fraction of sp³-hybridized carbons (Fsp3) is 0.286. The predicted octanol–water partition coefficient (Wildman–Crippen LogP) is 5.72. The van der Waals surface area contributed by atoms with Crippen molar-refractivity contribution < 1.29 is 22.4 Å². The van der Waals surface area contributed by atoms with Crippen LogP contribution < -0.4 is 9.62 Å². The Hall–Kier alpha value is -2.85. The maximum Gasteiger partial charge on any atom is 0.244 e. The normalized spacial score (nSPS) is 12.1. The molecule has 0 saturated heterocycles. The van der Waals surface area contributed by atoms with E-state index in [0.29, 0.717) is 23.6 Å². The number of amides is 2. The van der Waals surface area contributed by atoms with Crippen molar-refractivity contribution in [2.45, 2.75) is 32.4 Å². The van der Waals surface area contributed by atoms with E-state index < -0.39 is 40.2 Å². The van der Waals surface area contributed by atoms with Crippen molar-refractivity contribution in [3.05, 3.63) is 98.7 Å². The Morgan fingerprint density at radius 2 is 1.68 bits per heavy atom. The first-order valence-corrected chi connectivity index (χ1v) is 15.4. The molecule has 0 aliphatic carbocycles. The zero-order valence-corrected chi connectivity index (χ0v) is 25.0. The largest absolute Gasteiger partial charge is 0.354 e. The van der Waals surface area contributed by atoms with E-state index in [-0.39, 0.29) is 28.7 Å². The molecule has 0 aromatic heterocycles. The summed E-state index contributed by atoms with van der Waals surface area (Å²) in [5.41, 5.74) is 1.31. The molecule has 3 aromatic rings. The summed E-state index contributed by atoms with van der Waals surface area (Å²) in [4.78, 5) is 28.8. The Balaban J connectivity index is 2.08. The molecule has 12 heteroatoms. The molecular weight excluding hydrogens is 600 g/mol. The van der Waals surface area contributed by atoms with E-state index in [1.165, 1.54) is 17.0 Å². The lowest BCUT2D eigenvalue weighted by Gasteiger charge is -2.33. The summed E-state index contributed by atoms with van der Waals surface area (Å²) in [6, 6.07) is 16.3. The van der Waals surface area contributed by atoms with Crippen molar-refractivity contribution in [2.75, 3.05) is 23.7 Å². The highest BCUT2D eigenvalue weighted by Gasteiger charge is 2.33. The van der Waals surface area contributed by atoms with Gasteiger partial charge in [0.05, 0.1) is 17.0 Å². The van der Waals surface area contributed by atoms with Crippen LogP contribution in [0.3, 0.4) is 0 Å². The Labute approximate surface area is 248 Å². The Bertz CT molecular complexity index is 1460. The van der Waals surface area contributed by atoms with E-state index in [4.69, 9.17) is 34.8 Å². The lowest BCUT2D eigenvalue weighted by atomic mass is 10.0. The van der Waals surface area contributed by atoms with Gasteiger partial charge in [-0.2, -0.15) is 0 Å². The van der Waals surface area contributed by atoms with E-state index in [2.05, 4.69) is 5.32 Å². The number of rotatable bonds is 12. The lowest BCUT2D eigenvalue weighted by molar-refractivity contribution is -0.140. The van der Waals surface area contributed by atoms with Crippen LogP contribution in [0, 0.1) is 5.82 Å². The van der Waals surface area contributed by atoms with Crippen LogP contribution in [-0.4, -0.2) is 50.5 Å². The highest BCUT2D eigenvalue weighted by molar-refractivity contribution is 7.92. The van der Waals surface area contributed by atoms with Crippen LogP contribution in [0.1, 0.15) is 24.5 Å². The molecule has 0 aliphatic rings. The van der Waals surface area contributed by atoms with Crippen molar-refractivity contribution in [1.29, 1.82) is 0 Å². The molecule has 214 valence electrons. The SMILES string of the molecule is CCCNC(=O)C(Cc1ccccc1)N(Cc1ccc(Cl)cc1Cl)C(=O)CN(c1ccc(F)c(Cl)c1)S(C)(=O)=O. The van der Waals surface area contributed by atoms with Crippen molar-refractivity contribution in [3.63, 3.8) is 0 Å². The number of benzene rings is 3. The smallest absolute Gasteiger partial charge is 0.244 e. The van der Waals surface area contributed by atoms with Gasteiger partial charge in [0.15, 0.2) is 0 Å². The molecule has 3 rings (SSSR count). The third kappa shape index (κ3) is 8.57. The van der Waals surface area contributed by atoms with Crippen LogP contribution in [0.4, 0.5) is 10.1 Å². The molecule has 0 bridgehead atoms. The Kier molecular flexibility index (Phi) is 11.2. The minimum absolute atomic E-state index is 0.00164. The molecule has 2 amide bonds. The standard InChI is InChI=1S/C28H29Cl3FN3O4S/c1-3-13-33-28(37)26(14-19-7-5-4-6-8-19)34(17-20-9-10-21(29)15-23(20)30)27(36)18-35(40(2,38)39)22-11-12-25(32)24(31)16-22/h4-12,15-16,26H,3,13-14,17-18H2,1-2H3,(H,33,37). The maximum absolute atomic E-state index is 14.0. The fourth-order valence-electron chi connectivity index (χ4n) is 4.01. The average Bonchev–Trinajstić information content (AvgIpc) is 2.90. The molecule has 0 aliphatic heterocycles. The molecule has 1 unspecified atom stereocenters. The fourth-order valence-corrected chi connectivity index (χ4v) is 5.49. The van der Waals surface area contributed by atoms with Gasteiger partial charge in [0, 0.05) is 29.6 Å². The highest BCUT2D eigenvalue weighted by Crippen LogP contribution is 2.27. The number of carbonyl (C=O) groups is 2. The van der Waals surface area contributed by atoms with E-state index >= 15 is 0 Å². The zero-order valence-electron chi connectivity index (χ0n) is 21.9. The Morgan fingerprint density at radius 3 is 2.27 bits per heavy atom. The van der Waals surface area contributed by atoms with Crippen molar-refractivity contribution in [1.82, 2.24) is 10.2 Å². The van der Waals surface area contributed by atoms with Crippen LogP contribution in [0.25, 0.3) is 0 Å². The summed E-state index contributed by atoms with van der Waals surface area (Å²) in [7, 11) is -4.02. The molecule has 0 fully saturated rings. The molecule has 0 heterocycles. The quantitative estimate of drug-likeness (QED) is 0.278. The molecule has 0 saturated carbocycles. The van der Waals surface area contributed by atoms with Gasteiger partial charge in [-0.05, 0) is 47.9 Å². The molecule has 40 heavy (non-hydrogen) atoms. The Morgan fingerprint density at radius 1 is 0.975 bits per heavy atom. The first kappa shape index (κ1) is 31.7. The van der Waals surface area contributed by atoms with Gasteiger partial charge in [0.1, 0.15) is 18.4 Å². The van der Waals surface area contributed by atoms with E-state index in [1.54, 1.807) is 12.1 Å². The van der Waals surface area contributed by atoms with Crippen LogP contribution in [0.15, 0.2) is 66.7 Å². The van der Waals surface area contributed by atoms with Crippen LogP contribution >= 0.6 is 34.8 Å². The first-order valence-electron chi connectivity index (χ1n) is 12.4. The summed E-state index contributed by atoms with van der Waals surface area (Å²) in [6.07, 6.45) is 1.76. The van der Waals surface area contributed by atoms with Gasteiger partial charge in [0.25, 0.3) is 0 Å². The number of halogens is 4. The summed E-state index contributed by atoms with van der Waals surface area (Å²) < 4.78 is 40.2. The molecule has 7 nitrogen and oxygen atoms in total. The molecule has 3 aromatic carbocycles. The van der Waals surface area contributed by atoms with Crippen molar-refractivity contribution in [3.8, 4) is 0 Å². The molecule has 1 atom stereocenters. The number of sulfonamides is 1. The van der Waals surface area contributed by atoms with Crippen LogP contribution in [0.5, 0.6) is 0 Å².